The van der Waals surface area contributed by atoms with Crippen LogP contribution in [0, 0.1) is 12.8 Å². The summed E-state index contributed by atoms with van der Waals surface area (Å²) < 4.78 is 1.16. The fraction of sp³-hybridized carbons (Fsp3) is 0.500. The van der Waals surface area contributed by atoms with Gasteiger partial charge in [0.05, 0.1) is 0 Å². The molecule has 1 atom stereocenters. The molecule has 0 fully saturated rings. The summed E-state index contributed by atoms with van der Waals surface area (Å²) in [4.78, 5) is 27.0. The summed E-state index contributed by atoms with van der Waals surface area (Å²) in [6.45, 7) is 3.46. The molecule has 2 heterocycles. The van der Waals surface area contributed by atoms with Gasteiger partial charge in [-0.1, -0.05) is 6.92 Å². The van der Waals surface area contributed by atoms with Gasteiger partial charge in [0.2, 0.25) is 11.9 Å². The van der Waals surface area contributed by atoms with Crippen LogP contribution in [0.15, 0.2) is 0 Å². The van der Waals surface area contributed by atoms with E-state index in [0.717, 1.165) is 4.68 Å². The molecule has 0 saturated carbocycles. The number of hydrogen-bond donors (Lipinski definition) is 1. The van der Waals surface area contributed by atoms with Gasteiger partial charge >= 0.3 is 0 Å². The number of nitrogens with one attached hydrogen (secondary N) is 1. The summed E-state index contributed by atoms with van der Waals surface area (Å²) in [5.41, 5.74) is 0. The van der Waals surface area contributed by atoms with Gasteiger partial charge in [-0.3, -0.25) is 14.9 Å². The monoisotopic (exact) mass is 194 g/mol. The number of nitrogens with zero attached hydrogens (tertiary/aromatic N) is 3. The first-order chi connectivity index (χ1) is 6.63. The first kappa shape index (κ1) is 8.86. The number of aryl methyl sites for hydroxylation is 1. The number of fused-ring (bicyclic) bond motifs is 1. The van der Waals surface area contributed by atoms with Crippen molar-refractivity contribution in [2.24, 2.45) is 5.92 Å². The molecule has 1 aliphatic heterocycles. The number of hydrogen-bond acceptors (Lipinski definition) is 4. The van der Waals surface area contributed by atoms with Crippen LogP contribution in [0.1, 0.15) is 24.0 Å². The highest BCUT2D eigenvalue weighted by Crippen LogP contribution is 2.18. The Morgan fingerprint density at radius 2 is 2.21 bits per heavy atom. The Bertz CT molecular complexity index is 409. The maximum atomic E-state index is 11.7. The minimum absolute atomic E-state index is 0.224. The number of aromatic nitrogens is 3. The lowest BCUT2D eigenvalue weighted by atomic mass is 10.0. The Kier molecular flexibility index (Phi) is 1.83. The Hall–Kier alpha value is -1.72. The van der Waals surface area contributed by atoms with Crippen LogP contribution < -0.4 is 5.32 Å². The highest BCUT2D eigenvalue weighted by atomic mass is 16.2. The summed E-state index contributed by atoms with van der Waals surface area (Å²) >= 11 is 0. The molecular weight excluding hydrogens is 184 g/mol. The molecule has 14 heavy (non-hydrogen) atoms. The molecule has 1 N–H and O–H groups in total. The lowest BCUT2D eigenvalue weighted by Crippen LogP contribution is -2.39. The van der Waals surface area contributed by atoms with Crippen molar-refractivity contribution in [3.05, 3.63) is 5.82 Å². The standard InChI is InChI=1S/C8H10N4O2/c1-3-5-6(13)10-8-9-4(2)11-12(8)7(5)14/h5H,3H2,1-2H3,(H,9,10,11,13). The molecule has 0 bridgehead atoms. The van der Waals surface area contributed by atoms with Crippen molar-refractivity contribution in [3.8, 4) is 0 Å². The topological polar surface area (TPSA) is 76.9 Å². The number of anilines is 1. The lowest BCUT2D eigenvalue weighted by molar-refractivity contribution is -0.119. The SMILES string of the molecule is CCC1C(=O)Nc2nc(C)nn2C1=O. The quantitative estimate of drug-likeness (QED) is 0.648. The van der Waals surface area contributed by atoms with Gasteiger partial charge in [-0.15, -0.1) is 5.10 Å². The third-order valence-electron chi connectivity index (χ3n) is 2.18. The van der Waals surface area contributed by atoms with E-state index < -0.39 is 5.92 Å². The average Bonchev–Trinajstić information content (AvgIpc) is 2.47. The summed E-state index contributed by atoms with van der Waals surface area (Å²) in [5, 5.41) is 6.45. The highest BCUT2D eigenvalue weighted by Gasteiger charge is 2.34. The van der Waals surface area contributed by atoms with Crippen LogP contribution >= 0.6 is 0 Å². The van der Waals surface area contributed by atoms with Crippen LogP contribution in [0.3, 0.4) is 0 Å². The van der Waals surface area contributed by atoms with E-state index in [1.54, 1.807) is 13.8 Å². The Labute approximate surface area is 80.3 Å². The molecule has 0 saturated heterocycles. The highest BCUT2D eigenvalue weighted by molar-refractivity contribution is 6.10. The van der Waals surface area contributed by atoms with Crippen LogP contribution in [0.2, 0.25) is 0 Å². The first-order valence-electron chi connectivity index (χ1n) is 4.42. The van der Waals surface area contributed by atoms with Gasteiger partial charge in [-0.25, -0.2) is 0 Å². The molecule has 1 amide bonds. The van der Waals surface area contributed by atoms with Crippen molar-refractivity contribution < 1.29 is 9.59 Å². The molecule has 0 spiro atoms. The summed E-state index contributed by atoms with van der Waals surface area (Å²) in [6.07, 6.45) is 0.475. The molecule has 1 aromatic heterocycles. The second kappa shape index (κ2) is 2.90. The number of amides is 1. The summed E-state index contributed by atoms with van der Waals surface area (Å²) in [7, 11) is 0. The Morgan fingerprint density at radius 3 is 2.86 bits per heavy atom. The maximum Gasteiger partial charge on any atom is 0.262 e. The van der Waals surface area contributed by atoms with Gasteiger partial charge in [0.1, 0.15) is 11.7 Å². The number of carbonyl (C=O) groups excluding carboxylic acids is 2. The van der Waals surface area contributed by atoms with Crippen LogP contribution in [0.4, 0.5) is 5.95 Å². The van der Waals surface area contributed by atoms with Crippen molar-refractivity contribution in [2.75, 3.05) is 5.32 Å². The molecule has 0 aromatic carbocycles. The predicted molar refractivity (Wildman–Crippen MR) is 47.8 cm³/mol. The summed E-state index contributed by atoms with van der Waals surface area (Å²) in [5.74, 6) is -0.527. The minimum atomic E-state index is -0.636. The van der Waals surface area contributed by atoms with Crippen LogP contribution in [-0.4, -0.2) is 26.6 Å². The van der Waals surface area contributed by atoms with Crippen molar-refractivity contribution >= 4 is 17.8 Å². The van der Waals surface area contributed by atoms with Gasteiger partial charge in [-0.05, 0) is 13.3 Å². The van der Waals surface area contributed by atoms with Crippen LogP contribution in [-0.2, 0) is 4.79 Å². The smallest absolute Gasteiger partial charge is 0.262 e. The number of rotatable bonds is 1. The third-order valence-corrected chi connectivity index (χ3v) is 2.18. The average molecular weight is 194 g/mol. The van der Waals surface area contributed by atoms with E-state index in [9.17, 15) is 9.59 Å². The fourth-order valence-corrected chi connectivity index (χ4v) is 1.47. The molecule has 0 aliphatic carbocycles. The van der Waals surface area contributed by atoms with Crippen molar-refractivity contribution in [1.82, 2.24) is 14.8 Å². The van der Waals surface area contributed by atoms with E-state index in [-0.39, 0.29) is 17.8 Å². The fourth-order valence-electron chi connectivity index (χ4n) is 1.47. The van der Waals surface area contributed by atoms with Crippen molar-refractivity contribution in [1.29, 1.82) is 0 Å². The van der Waals surface area contributed by atoms with Gasteiger partial charge in [0, 0.05) is 0 Å². The molecule has 1 aromatic rings. The number of carbonyl (C=O) groups is 2. The zero-order chi connectivity index (χ0) is 10.3. The van der Waals surface area contributed by atoms with E-state index in [4.69, 9.17) is 0 Å². The summed E-state index contributed by atoms with van der Waals surface area (Å²) in [6, 6.07) is 0. The lowest BCUT2D eigenvalue weighted by Gasteiger charge is -2.18. The zero-order valence-corrected chi connectivity index (χ0v) is 7.94. The van der Waals surface area contributed by atoms with Crippen molar-refractivity contribution in [3.63, 3.8) is 0 Å². The van der Waals surface area contributed by atoms with E-state index in [1.807, 2.05) is 0 Å². The second-order valence-corrected chi connectivity index (χ2v) is 3.18. The van der Waals surface area contributed by atoms with Crippen LogP contribution in [0.25, 0.3) is 0 Å². The Morgan fingerprint density at radius 1 is 1.50 bits per heavy atom. The molecule has 6 nitrogen and oxygen atoms in total. The van der Waals surface area contributed by atoms with Gasteiger partial charge < -0.3 is 0 Å². The molecule has 74 valence electrons. The zero-order valence-electron chi connectivity index (χ0n) is 7.94. The normalized spacial score (nSPS) is 20.6. The van der Waals surface area contributed by atoms with Crippen molar-refractivity contribution in [2.45, 2.75) is 20.3 Å². The molecule has 1 unspecified atom stereocenters. The third kappa shape index (κ3) is 1.11. The van der Waals surface area contributed by atoms with E-state index >= 15 is 0 Å². The predicted octanol–water partition coefficient (Wildman–Crippen LogP) is 0.205. The van der Waals surface area contributed by atoms with E-state index in [1.165, 1.54) is 0 Å². The molecule has 6 heteroatoms. The maximum absolute atomic E-state index is 11.7. The minimum Gasteiger partial charge on any atom is -0.294 e. The molecule has 2 rings (SSSR count). The van der Waals surface area contributed by atoms with E-state index in [2.05, 4.69) is 15.4 Å². The van der Waals surface area contributed by atoms with Gasteiger partial charge in [0.15, 0.2) is 0 Å². The first-order valence-corrected chi connectivity index (χ1v) is 4.42. The second-order valence-electron chi connectivity index (χ2n) is 3.18. The Balaban J connectivity index is 2.48. The molecule has 0 radical (unpaired) electrons. The molecular formula is C8H10N4O2. The van der Waals surface area contributed by atoms with Gasteiger partial charge in [-0.2, -0.15) is 9.67 Å². The molecule has 1 aliphatic rings. The largest absolute Gasteiger partial charge is 0.294 e. The van der Waals surface area contributed by atoms with Crippen LogP contribution in [0.5, 0.6) is 0 Å². The van der Waals surface area contributed by atoms with E-state index in [0.29, 0.717) is 12.2 Å². The van der Waals surface area contributed by atoms with Gasteiger partial charge in [0.25, 0.3) is 5.91 Å².